The van der Waals surface area contributed by atoms with Gasteiger partial charge in [-0.3, -0.25) is 0 Å². The van der Waals surface area contributed by atoms with E-state index in [2.05, 4.69) is 43.9 Å². The molecular formula is C18H22N2. The molecule has 0 aliphatic carbocycles. The Morgan fingerprint density at radius 1 is 1.10 bits per heavy atom. The Hall–Kier alpha value is -2.01. The summed E-state index contributed by atoms with van der Waals surface area (Å²) < 4.78 is 0. The quantitative estimate of drug-likeness (QED) is 0.791. The van der Waals surface area contributed by atoms with Crippen molar-refractivity contribution in [3.63, 3.8) is 0 Å². The Bertz CT molecular complexity index is 625. The Morgan fingerprint density at radius 3 is 2.40 bits per heavy atom. The van der Waals surface area contributed by atoms with Crippen LogP contribution in [0.5, 0.6) is 0 Å². The predicted octanol–water partition coefficient (Wildman–Crippen LogP) is 4.58. The van der Waals surface area contributed by atoms with Crippen LogP contribution in [-0.2, 0) is 0 Å². The summed E-state index contributed by atoms with van der Waals surface area (Å²) in [4.78, 5) is 2.41. The fourth-order valence-electron chi connectivity index (χ4n) is 2.56. The summed E-state index contributed by atoms with van der Waals surface area (Å²) in [6, 6.07) is 14.5. The van der Waals surface area contributed by atoms with Crippen molar-refractivity contribution in [2.24, 2.45) is 5.92 Å². The maximum atomic E-state index is 9.24. The number of hydrogen-bond acceptors (Lipinski definition) is 2. The minimum atomic E-state index is 0.671. The normalized spacial score (nSPS) is 12.1. The predicted molar refractivity (Wildman–Crippen MR) is 86.0 cm³/mol. The molecule has 20 heavy (non-hydrogen) atoms. The van der Waals surface area contributed by atoms with Gasteiger partial charge in [-0.25, -0.2) is 0 Å². The van der Waals surface area contributed by atoms with E-state index in [-0.39, 0.29) is 0 Å². The maximum Gasteiger partial charge on any atom is 0.0998 e. The fraction of sp³-hybridized carbons (Fsp3) is 0.389. The zero-order valence-corrected chi connectivity index (χ0v) is 12.6. The molecule has 0 fully saturated rings. The summed E-state index contributed by atoms with van der Waals surface area (Å²) in [5, 5.41) is 11.5. The van der Waals surface area contributed by atoms with Crippen LogP contribution < -0.4 is 4.90 Å². The zero-order chi connectivity index (χ0) is 14.5. The van der Waals surface area contributed by atoms with Gasteiger partial charge in [-0.2, -0.15) is 5.26 Å². The van der Waals surface area contributed by atoms with Crippen LogP contribution in [0.25, 0.3) is 10.8 Å². The molecule has 0 aliphatic heterocycles. The van der Waals surface area contributed by atoms with E-state index in [1.54, 1.807) is 0 Å². The lowest BCUT2D eigenvalue weighted by Crippen LogP contribution is -2.28. The number of nitriles is 1. The van der Waals surface area contributed by atoms with Crippen molar-refractivity contribution in [3.05, 3.63) is 42.0 Å². The molecule has 2 rings (SSSR count). The van der Waals surface area contributed by atoms with Crippen molar-refractivity contribution in [1.29, 1.82) is 5.26 Å². The maximum absolute atomic E-state index is 9.24. The van der Waals surface area contributed by atoms with Crippen LogP contribution in [0.3, 0.4) is 0 Å². The van der Waals surface area contributed by atoms with Gasteiger partial charge < -0.3 is 4.90 Å². The lowest BCUT2D eigenvalue weighted by atomic mass is 10.0. The number of fused-ring (bicyclic) bond motifs is 1. The average Bonchev–Trinajstić information content (AvgIpc) is 2.51. The third-order valence-electron chi connectivity index (χ3n) is 3.97. The molecule has 0 spiro atoms. The number of hydrogen-bond donors (Lipinski definition) is 0. The average molecular weight is 266 g/mol. The second-order valence-corrected chi connectivity index (χ2v) is 5.34. The van der Waals surface area contributed by atoms with E-state index in [1.807, 2.05) is 24.3 Å². The van der Waals surface area contributed by atoms with E-state index in [4.69, 9.17) is 0 Å². The number of rotatable bonds is 5. The van der Waals surface area contributed by atoms with Crippen molar-refractivity contribution >= 4 is 16.5 Å². The van der Waals surface area contributed by atoms with Gasteiger partial charge in [-0.15, -0.1) is 0 Å². The smallest absolute Gasteiger partial charge is 0.0998 e. The fourth-order valence-corrected chi connectivity index (χ4v) is 2.56. The molecule has 0 radical (unpaired) electrons. The van der Waals surface area contributed by atoms with Crippen molar-refractivity contribution in [3.8, 4) is 6.07 Å². The molecule has 2 aromatic carbocycles. The molecule has 0 saturated heterocycles. The molecule has 0 amide bonds. The Kier molecular flexibility index (Phi) is 4.63. The van der Waals surface area contributed by atoms with Gasteiger partial charge in [0.15, 0.2) is 0 Å². The molecule has 2 aromatic rings. The lowest BCUT2D eigenvalue weighted by Gasteiger charge is -2.27. The highest BCUT2D eigenvalue weighted by Crippen LogP contribution is 2.29. The minimum Gasteiger partial charge on any atom is -0.371 e. The molecule has 2 nitrogen and oxygen atoms in total. The Balaban J connectivity index is 2.51. The molecular weight excluding hydrogens is 244 g/mol. The van der Waals surface area contributed by atoms with Gasteiger partial charge in [0.25, 0.3) is 0 Å². The first kappa shape index (κ1) is 14.4. The highest BCUT2D eigenvalue weighted by atomic mass is 15.1. The molecule has 1 unspecified atom stereocenters. The van der Waals surface area contributed by atoms with Gasteiger partial charge in [0, 0.05) is 29.5 Å². The van der Waals surface area contributed by atoms with Crippen molar-refractivity contribution in [1.82, 2.24) is 0 Å². The second kappa shape index (κ2) is 6.43. The van der Waals surface area contributed by atoms with Crippen LogP contribution >= 0.6 is 0 Å². The lowest BCUT2D eigenvalue weighted by molar-refractivity contribution is 0.549. The van der Waals surface area contributed by atoms with E-state index in [0.717, 1.165) is 24.0 Å². The van der Waals surface area contributed by atoms with Crippen LogP contribution in [0.1, 0.15) is 32.8 Å². The molecule has 0 heterocycles. The number of anilines is 1. The summed E-state index contributed by atoms with van der Waals surface area (Å²) in [7, 11) is 0. The van der Waals surface area contributed by atoms with E-state index in [0.29, 0.717) is 5.92 Å². The summed E-state index contributed by atoms with van der Waals surface area (Å²) in [6.07, 6.45) is 1.19. The molecule has 0 aliphatic rings. The van der Waals surface area contributed by atoms with E-state index in [9.17, 15) is 5.26 Å². The molecule has 1 atom stereocenters. The first-order valence-corrected chi connectivity index (χ1v) is 7.38. The van der Waals surface area contributed by atoms with Crippen LogP contribution in [0.15, 0.2) is 36.4 Å². The summed E-state index contributed by atoms with van der Waals surface area (Å²) in [5.41, 5.74) is 1.99. The van der Waals surface area contributed by atoms with E-state index < -0.39 is 0 Å². The third-order valence-corrected chi connectivity index (χ3v) is 3.97. The molecule has 0 saturated carbocycles. The first-order chi connectivity index (χ1) is 9.71. The molecule has 0 aromatic heterocycles. The van der Waals surface area contributed by atoms with Crippen molar-refractivity contribution in [2.45, 2.75) is 27.2 Å². The van der Waals surface area contributed by atoms with Gasteiger partial charge in [0.1, 0.15) is 0 Å². The SMILES string of the molecule is CCC(C)CN(CC)c1ccc(C#N)c2ccccc12. The molecule has 104 valence electrons. The molecule has 0 bridgehead atoms. The van der Waals surface area contributed by atoms with E-state index >= 15 is 0 Å². The largest absolute Gasteiger partial charge is 0.371 e. The number of benzene rings is 2. The second-order valence-electron chi connectivity index (χ2n) is 5.34. The highest BCUT2D eigenvalue weighted by Gasteiger charge is 2.12. The Labute approximate surface area is 121 Å². The van der Waals surface area contributed by atoms with Crippen molar-refractivity contribution in [2.75, 3.05) is 18.0 Å². The van der Waals surface area contributed by atoms with Crippen LogP contribution in [0, 0.1) is 17.2 Å². The minimum absolute atomic E-state index is 0.671. The van der Waals surface area contributed by atoms with Gasteiger partial charge in [-0.1, -0.05) is 44.5 Å². The third kappa shape index (κ3) is 2.77. The van der Waals surface area contributed by atoms with Gasteiger partial charge in [0.05, 0.1) is 11.6 Å². The molecule has 0 N–H and O–H groups in total. The van der Waals surface area contributed by atoms with Gasteiger partial charge in [0.2, 0.25) is 0 Å². The zero-order valence-electron chi connectivity index (χ0n) is 12.6. The van der Waals surface area contributed by atoms with Crippen LogP contribution in [0.2, 0.25) is 0 Å². The summed E-state index contributed by atoms with van der Waals surface area (Å²) in [5.74, 6) is 0.671. The van der Waals surface area contributed by atoms with Crippen LogP contribution in [0.4, 0.5) is 5.69 Å². The number of nitrogens with zero attached hydrogens (tertiary/aromatic N) is 2. The Morgan fingerprint density at radius 2 is 1.80 bits per heavy atom. The van der Waals surface area contributed by atoms with E-state index in [1.165, 1.54) is 17.5 Å². The first-order valence-electron chi connectivity index (χ1n) is 7.38. The van der Waals surface area contributed by atoms with Crippen LogP contribution in [-0.4, -0.2) is 13.1 Å². The monoisotopic (exact) mass is 266 g/mol. The van der Waals surface area contributed by atoms with Crippen molar-refractivity contribution < 1.29 is 0 Å². The highest BCUT2D eigenvalue weighted by molar-refractivity contribution is 5.97. The summed E-state index contributed by atoms with van der Waals surface area (Å²) in [6.45, 7) is 8.75. The molecule has 2 heteroatoms. The topological polar surface area (TPSA) is 27.0 Å². The van der Waals surface area contributed by atoms with Gasteiger partial charge >= 0.3 is 0 Å². The standard InChI is InChI=1S/C18H22N2/c1-4-14(3)13-20(5-2)18-11-10-15(12-19)16-8-6-7-9-17(16)18/h6-11,14H,4-5,13H2,1-3H3. The summed E-state index contributed by atoms with van der Waals surface area (Å²) >= 11 is 0. The van der Waals surface area contributed by atoms with Gasteiger partial charge in [-0.05, 0) is 25.0 Å².